The van der Waals surface area contributed by atoms with E-state index < -0.39 is 0 Å². The van der Waals surface area contributed by atoms with E-state index >= 15 is 0 Å². The predicted octanol–water partition coefficient (Wildman–Crippen LogP) is 5.46. The average Bonchev–Trinajstić information content (AvgIpc) is 2.99. The molecule has 0 nitrogen and oxygen atoms in total. The lowest BCUT2D eigenvalue weighted by Crippen LogP contribution is -2.11. The molecule has 0 atom stereocenters. The van der Waals surface area contributed by atoms with E-state index in [2.05, 4.69) is 77.9 Å². The summed E-state index contributed by atoms with van der Waals surface area (Å²) in [4.78, 5) is 0. The lowest BCUT2D eigenvalue weighted by molar-refractivity contribution is 0.859. The molecule has 0 radical (unpaired) electrons. The zero-order chi connectivity index (χ0) is 15.2. The van der Waals surface area contributed by atoms with E-state index in [0.717, 1.165) is 0 Å². The second kappa shape index (κ2) is 9.00. The van der Waals surface area contributed by atoms with Gasteiger partial charge in [0, 0.05) is 57.9 Å². The smallest absolute Gasteiger partial charge is 0.00258 e. The first-order valence-electron chi connectivity index (χ1n) is 7.96. The Morgan fingerprint density at radius 3 is 1.55 bits per heavy atom. The quantitative estimate of drug-likeness (QED) is 0.694. The Kier molecular flexibility index (Phi) is 7.04. The SMILES string of the molecule is C=Cc1c(C2CSCCSC2)cccc1C1CSCCSC1. The first kappa shape index (κ1) is 17.2. The normalized spacial score (nSPS) is 22.0. The van der Waals surface area contributed by atoms with Crippen molar-refractivity contribution in [2.45, 2.75) is 11.8 Å². The van der Waals surface area contributed by atoms with Crippen LogP contribution >= 0.6 is 47.0 Å². The second-order valence-corrected chi connectivity index (χ2v) is 10.3. The third-order valence-electron chi connectivity index (χ3n) is 4.28. The molecule has 0 aliphatic carbocycles. The van der Waals surface area contributed by atoms with Crippen molar-refractivity contribution in [1.82, 2.24) is 0 Å². The van der Waals surface area contributed by atoms with Crippen LogP contribution in [-0.4, -0.2) is 46.0 Å². The highest BCUT2D eigenvalue weighted by Gasteiger charge is 2.22. The summed E-state index contributed by atoms with van der Waals surface area (Å²) < 4.78 is 0. The minimum absolute atomic E-state index is 0.691. The Labute approximate surface area is 152 Å². The number of rotatable bonds is 3. The van der Waals surface area contributed by atoms with Gasteiger partial charge >= 0.3 is 0 Å². The largest absolute Gasteiger partial charge is 0.160 e. The fraction of sp³-hybridized carbons (Fsp3) is 0.556. The molecule has 1 aromatic rings. The summed E-state index contributed by atoms with van der Waals surface area (Å²) in [7, 11) is 0. The summed E-state index contributed by atoms with van der Waals surface area (Å²) in [5, 5.41) is 0. The molecule has 1 aromatic carbocycles. The minimum atomic E-state index is 0.691. The first-order chi connectivity index (χ1) is 10.9. The van der Waals surface area contributed by atoms with Gasteiger partial charge in [-0.05, 0) is 16.7 Å². The molecule has 0 bridgehead atoms. The van der Waals surface area contributed by atoms with E-state index in [0.29, 0.717) is 11.8 Å². The molecule has 0 amide bonds. The van der Waals surface area contributed by atoms with E-state index in [4.69, 9.17) is 0 Å². The van der Waals surface area contributed by atoms with Crippen LogP contribution in [0.25, 0.3) is 6.08 Å². The molecular weight excluding hydrogens is 344 g/mol. The number of thioether (sulfide) groups is 4. The van der Waals surface area contributed by atoms with Crippen LogP contribution in [0.3, 0.4) is 0 Å². The van der Waals surface area contributed by atoms with Crippen molar-refractivity contribution < 1.29 is 0 Å². The summed E-state index contributed by atoms with van der Waals surface area (Å²) in [5.74, 6) is 11.7. The molecule has 2 fully saturated rings. The molecule has 2 aliphatic heterocycles. The van der Waals surface area contributed by atoms with Gasteiger partial charge in [0.15, 0.2) is 0 Å². The molecule has 0 unspecified atom stereocenters. The molecule has 2 aliphatic rings. The lowest BCUT2D eigenvalue weighted by Gasteiger charge is -2.23. The van der Waals surface area contributed by atoms with Crippen molar-refractivity contribution in [2.24, 2.45) is 0 Å². The van der Waals surface area contributed by atoms with Gasteiger partial charge in [-0.2, -0.15) is 47.0 Å². The zero-order valence-corrected chi connectivity index (χ0v) is 16.2. The van der Waals surface area contributed by atoms with Crippen molar-refractivity contribution in [1.29, 1.82) is 0 Å². The van der Waals surface area contributed by atoms with Crippen molar-refractivity contribution in [3.63, 3.8) is 0 Å². The molecule has 0 N–H and O–H groups in total. The van der Waals surface area contributed by atoms with Gasteiger partial charge < -0.3 is 0 Å². The van der Waals surface area contributed by atoms with Gasteiger partial charge in [-0.3, -0.25) is 0 Å². The molecule has 0 spiro atoms. The first-order valence-corrected chi connectivity index (χ1v) is 12.6. The molecular formula is C18H24S4. The van der Waals surface area contributed by atoms with Crippen LogP contribution in [0, 0.1) is 0 Å². The van der Waals surface area contributed by atoms with Crippen LogP contribution in [0.4, 0.5) is 0 Å². The fourth-order valence-electron chi connectivity index (χ4n) is 3.14. The maximum absolute atomic E-state index is 4.16. The monoisotopic (exact) mass is 368 g/mol. The average molecular weight is 369 g/mol. The molecule has 2 saturated heterocycles. The summed E-state index contributed by atoms with van der Waals surface area (Å²) in [6, 6.07) is 7.00. The van der Waals surface area contributed by atoms with Crippen LogP contribution < -0.4 is 0 Å². The van der Waals surface area contributed by atoms with Gasteiger partial charge in [-0.15, -0.1) is 0 Å². The van der Waals surface area contributed by atoms with Crippen molar-refractivity contribution in [3.8, 4) is 0 Å². The van der Waals surface area contributed by atoms with Gasteiger partial charge in [-0.25, -0.2) is 0 Å². The highest BCUT2D eigenvalue weighted by molar-refractivity contribution is 8.04. The van der Waals surface area contributed by atoms with Crippen molar-refractivity contribution in [2.75, 3.05) is 46.0 Å². The van der Waals surface area contributed by atoms with Gasteiger partial charge in [0.1, 0.15) is 0 Å². The minimum Gasteiger partial charge on any atom is -0.160 e. The maximum Gasteiger partial charge on any atom is 0.00258 e. The van der Waals surface area contributed by atoms with Crippen molar-refractivity contribution in [3.05, 3.63) is 41.5 Å². The Hall–Kier alpha value is 0.360. The van der Waals surface area contributed by atoms with E-state index in [1.54, 1.807) is 11.1 Å². The second-order valence-electron chi connectivity index (χ2n) is 5.75. The van der Waals surface area contributed by atoms with Crippen LogP contribution in [-0.2, 0) is 0 Å². The zero-order valence-electron chi connectivity index (χ0n) is 13.0. The molecule has 0 aromatic heterocycles. The summed E-state index contributed by atoms with van der Waals surface area (Å²) in [6.45, 7) is 4.16. The third-order valence-corrected chi connectivity index (χ3v) is 9.32. The molecule has 2 heterocycles. The van der Waals surface area contributed by atoms with Gasteiger partial charge in [0.2, 0.25) is 0 Å². The summed E-state index contributed by atoms with van der Waals surface area (Å²) in [5.41, 5.74) is 4.55. The lowest BCUT2D eigenvalue weighted by atomic mass is 9.88. The molecule has 3 rings (SSSR count). The van der Waals surface area contributed by atoms with Crippen molar-refractivity contribution >= 4 is 53.1 Å². The molecule has 0 saturated carbocycles. The predicted molar refractivity (Wildman–Crippen MR) is 111 cm³/mol. The van der Waals surface area contributed by atoms with Crippen LogP contribution in [0.2, 0.25) is 0 Å². The fourth-order valence-corrected chi connectivity index (χ4v) is 8.32. The highest BCUT2D eigenvalue weighted by Crippen LogP contribution is 2.37. The summed E-state index contributed by atoms with van der Waals surface area (Å²) in [6.07, 6.45) is 2.13. The van der Waals surface area contributed by atoms with Gasteiger partial charge in [-0.1, -0.05) is 30.9 Å². The van der Waals surface area contributed by atoms with E-state index in [-0.39, 0.29) is 0 Å². The summed E-state index contributed by atoms with van der Waals surface area (Å²) >= 11 is 8.48. The molecule has 120 valence electrons. The van der Waals surface area contributed by atoms with E-state index in [1.165, 1.54) is 51.6 Å². The van der Waals surface area contributed by atoms with Crippen LogP contribution in [0.1, 0.15) is 28.5 Å². The third kappa shape index (κ3) is 4.25. The highest BCUT2D eigenvalue weighted by atomic mass is 32.2. The Balaban J connectivity index is 1.90. The maximum atomic E-state index is 4.16. The number of hydrogen-bond acceptors (Lipinski definition) is 4. The molecule has 4 heteroatoms. The Morgan fingerprint density at radius 1 is 0.773 bits per heavy atom. The van der Waals surface area contributed by atoms with Gasteiger partial charge in [0.25, 0.3) is 0 Å². The molecule has 22 heavy (non-hydrogen) atoms. The Morgan fingerprint density at radius 2 is 1.18 bits per heavy atom. The van der Waals surface area contributed by atoms with E-state index in [1.807, 2.05) is 0 Å². The van der Waals surface area contributed by atoms with Crippen LogP contribution in [0.5, 0.6) is 0 Å². The number of benzene rings is 1. The van der Waals surface area contributed by atoms with E-state index in [9.17, 15) is 0 Å². The van der Waals surface area contributed by atoms with Crippen LogP contribution in [0.15, 0.2) is 24.8 Å². The standard InChI is InChI=1S/C18H24S4/c1-2-16-17(14-10-19-6-7-20-11-14)4-3-5-18(16)15-12-21-8-9-22-13-15/h2-5,14-15H,1,6-13H2. The Bertz CT molecular complexity index is 446. The number of hydrogen-bond donors (Lipinski definition) is 0. The van der Waals surface area contributed by atoms with Gasteiger partial charge in [0.05, 0.1) is 0 Å². The topological polar surface area (TPSA) is 0 Å².